The molecule has 1 fully saturated rings. The predicted molar refractivity (Wildman–Crippen MR) is 94.8 cm³/mol. The fourth-order valence-corrected chi connectivity index (χ4v) is 3.22. The van der Waals surface area contributed by atoms with Gasteiger partial charge in [0, 0.05) is 12.2 Å². The second-order valence-electron chi connectivity index (χ2n) is 6.19. The van der Waals surface area contributed by atoms with Gasteiger partial charge in [-0.3, -0.25) is 9.59 Å². The largest absolute Gasteiger partial charge is 0.344 e. The molecule has 1 aliphatic rings. The van der Waals surface area contributed by atoms with Crippen LogP contribution < -0.4 is 10.2 Å². The molecule has 2 aromatic rings. The van der Waals surface area contributed by atoms with E-state index in [1.807, 2.05) is 37.3 Å². The molecule has 1 aliphatic heterocycles. The molecule has 0 saturated carbocycles. The minimum atomic E-state index is -0.532. The second kappa shape index (κ2) is 7.47. The van der Waals surface area contributed by atoms with Crippen LogP contribution in [0.4, 0.5) is 10.1 Å². The Morgan fingerprint density at radius 2 is 1.88 bits per heavy atom. The van der Waals surface area contributed by atoms with Gasteiger partial charge < -0.3 is 10.2 Å². The number of hydrogen-bond acceptors (Lipinski definition) is 2. The van der Waals surface area contributed by atoms with Gasteiger partial charge in [0.25, 0.3) is 0 Å². The summed E-state index contributed by atoms with van der Waals surface area (Å²) < 4.78 is 13.0. The van der Waals surface area contributed by atoms with Crippen LogP contribution in [-0.4, -0.2) is 24.4 Å². The SMILES string of the molecule is CC[C@H](C(=O)N[C@@H]1CCN(c2ccc(F)cc2)C1=O)c1ccccc1. The summed E-state index contributed by atoms with van der Waals surface area (Å²) in [6.07, 6.45) is 1.21. The lowest BCUT2D eigenvalue weighted by atomic mass is 9.95. The molecule has 0 spiro atoms. The van der Waals surface area contributed by atoms with E-state index in [0.29, 0.717) is 25.1 Å². The molecule has 4 nitrogen and oxygen atoms in total. The Kier molecular flexibility index (Phi) is 5.12. The summed E-state index contributed by atoms with van der Waals surface area (Å²) in [7, 11) is 0. The van der Waals surface area contributed by atoms with Crippen molar-refractivity contribution in [3.63, 3.8) is 0 Å². The zero-order chi connectivity index (χ0) is 17.8. The van der Waals surface area contributed by atoms with E-state index in [1.54, 1.807) is 17.0 Å². The molecule has 5 heteroatoms. The lowest BCUT2D eigenvalue weighted by Crippen LogP contribution is -2.43. The third-order valence-corrected chi connectivity index (χ3v) is 4.59. The number of rotatable bonds is 5. The van der Waals surface area contributed by atoms with Gasteiger partial charge in [0.15, 0.2) is 0 Å². The number of carbonyl (C=O) groups excluding carboxylic acids is 2. The van der Waals surface area contributed by atoms with Crippen LogP contribution in [0.15, 0.2) is 54.6 Å². The van der Waals surface area contributed by atoms with E-state index >= 15 is 0 Å². The molecule has 1 saturated heterocycles. The molecule has 3 rings (SSSR count). The summed E-state index contributed by atoms with van der Waals surface area (Å²) in [4.78, 5) is 26.8. The van der Waals surface area contributed by atoms with Gasteiger partial charge in [0.2, 0.25) is 11.8 Å². The maximum Gasteiger partial charge on any atom is 0.249 e. The van der Waals surface area contributed by atoms with Crippen molar-refractivity contribution in [2.75, 3.05) is 11.4 Å². The summed E-state index contributed by atoms with van der Waals surface area (Å²) in [6, 6.07) is 14.9. The molecule has 2 amide bonds. The van der Waals surface area contributed by atoms with Crippen molar-refractivity contribution < 1.29 is 14.0 Å². The normalized spacial score (nSPS) is 18.2. The maximum atomic E-state index is 13.0. The average Bonchev–Trinajstić information content (AvgIpc) is 2.98. The summed E-state index contributed by atoms with van der Waals surface area (Å²) in [5.41, 5.74) is 1.60. The van der Waals surface area contributed by atoms with E-state index in [0.717, 1.165) is 5.56 Å². The van der Waals surface area contributed by atoms with Gasteiger partial charge in [0.05, 0.1) is 5.92 Å². The summed E-state index contributed by atoms with van der Waals surface area (Å²) >= 11 is 0. The zero-order valence-electron chi connectivity index (χ0n) is 14.1. The summed E-state index contributed by atoms with van der Waals surface area (Å²) in [6.45, 7) is 2.47. The van der Waals surface area contributed by atoms with Crippen LogP contribution in [0.1, 0.15) is 31.2 Å². The number of carbonyl (C=O) groups is 2. The van der Waals surface area contributed by atoms with Crippen molar-refractivity contribution >= 4 is 17.5 Å². The second-order valence-corrected chi connectivity index (χ2v) is 6.19. The maximum absolute atomic E-state index is 13.0. The van der Waals surface area contributed by atoms with Gasteiger partial charge in [-0.2, -0.15) is 0 Å². The Bertz CT molecular complexity index is 746. The first-order valence-electron chi connectivity index (χ1n) is 8.52. The minimum absolute atomic E-state index is 0.131. The highest BCUT2D eigenvalue weighted by Gasteiger charge is 2.34. The first-order valence-corrected chi connectivity index (χ1v) is 8.52. The molecule has 0 radical (unpaired) electrons. The molecule has 0 aromatic heterocycles. The number of benzene rings is 2. The highest BCUT2D eigenvalue weighted by molar-refractivity contribution is 6.01. The predicted octanol–water partition coefficient (Wildman–Crippen LogP) is 3.24. The molecule has 1 N–H and O–H groups in total. The van der Waals surface area contributed by atoms with Gasteiger partial charge in [0.1, 0.15) is 11.9 Å². The van der Waals surface area contributed by atoms with E-state index in [-0.39, 0.29) is 23.5 Å². The number of amides is 2. The minimum Gasteiger partial charge on any atom is -0.344 e. The average molecular weight is 340 g/mol. The number of anilines is 1. The quantitative estimate of drug-likeness (QED) is 0.908. The van der Waals surface area contributed by atoms with Gasteiger partial charge in [-0.05, 0) is 42.7 Å². The van der Waals surface area contributed by atoms with Crippen LogP contribution in [0.5, 0.6) is 0 Å². The van der Waals surface area contributed by atoms with Gasteiger partial charge in [-0.1, -0.05) is 37.3 Å². The highest BCUT2D eigenvalue weighted by atomic mass is 19.1. The van der Waals surface area contributed by atoms with Gasteiger partial charge in [-0.25, -0.2) is 4.39 Å². The number of nitrogens with zero attached hydrogens (tertiary/aromatic N) is 1. The lowest BCUT2D eigenvalue weighted by Gasteiger charge is -2.20. The standard InChI is InChI=1S/C20H21FN2O2/c1-2-17(14-6-4-3-5-7-14)19(24)22-18-12-13-23(20(18)25)16-10-8-15(21)9-11-16/h3-11,17-18H,2,12-13H2,1H3,(H,22,24)/t17-,18+/m0/s1. The summed E-state index contributed by atoms with van der Waals surface area (Å²) in [5, 5.41) is 2.89. The molecule has 0 unspecified atom stereocenters. The Balaban J connectivity index is 1.68. The molecular formula is C20H21FN2O2. The van der Waals surface area contributed by atoms with E-state index in [4.69, 9.17) is 0 Å². The van der Waals surface area contributed by atoms with Crippen LogP contribution in [0.3, 0.4) is 0 Å². The van der Waals surface area contributed by atoms with Crippen molar-refractivity contribution in [2.24, 2.45) is 0 Å². The van der Waals surface area contributed by atoms with Crippen LogP contribution in [0.25, 0.3) is 0 Å². The Morgan fingerprint density at radius 1 is 1.20 bits per heavy atom. The Morgan fingerprint density at radius 3 is 2.52 bits per heavy atom. The monoisotopic (exact) mass is 340 g/mol. The van der Waals surface area contributed by atoms with Crippen LogP contribution in [0, 0.1) is 5.82 Å². The van der Waals surface area contributed by atoms with Crippen LogP contribution in [0.2, 0.25) is 0 Å². The molecular weight excluding hydrogens is 319 g/mol. The summed E-state index contributed by atoms with van der Waals surface area (Å²) in [5.74, 6) is -0.890. The third-order valence-electron chi connectivity index (χ3n) is 4.59. The van der Waals surface area contributed by atoms with Gasteiger partial charge in [-0.15, -0.1) is 0 Å². The Labute approximate surface area is 146 Å². The van der Waals surface area contributed by atoms with Gasteiger partial charge >= 0.3 is 0 Å². The first kappa shape index (κ1) is 17.1. The first-order chi connectivity index (χ1) is 12.1. The lowest BCUT2D eigenvalue weighted by molar-refractivity contribution is -0.127. The smallest absolute Gasteiger partial charge is 0.249 e. The van der Waals surface area contributed by atoms with E-state index in [2.05, 4.69) is 5.32 Å². The van der Waals surface area contributed by atoms with Crippen molar-refractivity contribution in [1.29, 1.82) is 0 Å². The third kappa shape index (κ3) is 3.71. The van der Waals surface area contributed by atoms with Crippen LogP contribution in [-0.2, 0) is 9.59 Å². The molecule has 2 atom stereocenters. The van der Waals surface area contributed by atoms with Crippen molar-refractivity contribution in [2.45, 2.75) is 31.7 Å². The molecule has 130 valence electrons. The number of halogens is 1. The molecule has 2 aromatic carbocycles. The van der Waals surface area contributed by atoms with Crippen molar-refractivity contribution in [3.05, 3.63) is 66.0 Å². The molecule has 25 heavy (non-hydrogen) atoms. The van der Waals surface area contributed by atoms with E-state index in [1.165, 1.54) is 12.1 Å². The van der Waals surface area contributed by atoms with Crippen LogP contribution >= 0.6 is 0 Å². The van der Waals surface area contributed by atoms with E-state index in [9.17, 15) is 14.0 Å². The van der Waals surface area contributed by atoms with E-state index < -0.39 is 6.04 Å². The molecule has 1 heterocycles. The molecule has 0 aliphatic carbocycles. The fourth-order valence-electron chi connectivity index (χ4n) is 3.22. The topological polar surface area (TPSA) is 49.4 Å². The fraction of sp³-hybridized carbons (Fsp3) is 0.300. The zero-order valence-corrected chi connectivity index (χ0v) is 14.1. The Hall–Kier alpha value is -2.69. The highest BCUT2D eigenvalue weighted by Crippen LogP contribution is 2.24. The molecule has 0 bridgehead atoms. The van der Waals surface area contributed by atoms with Crippen molar-refractivity contribution in [3.8, 4) is 0 Å². The number of hydrogen-bond donors (Lipinski definition) is 1. The van der Waals surface area contributed by atoms with Crippen molar-refractivity contribution in [1.82, 2.24) is 5.32 Å². The number of nitrogens with one attached hydrogen (secondary N) is 1.